The van der Waals surface area contributed by atoms with Gasteiger partial charge >= 0.3 is 7.82 Å². The summed E-state index contributed by atoms with van der Waals surface area (Å²) < 4.78 is 21.1. The van der Waals surface area contributed by atoms with E-state index in [1.165, 1.54) is 51.4 Å². The average molecular weight is 465 g/mol. The Kier molecular flexibility index (Phi) is 12.4. The molecule has 0 saturated heterocycles. The first kappa shape index (κ1) is 26.3. The lowest BCUT2D eigenvalue weighted by molar-refractivity contribution is 0.204. The number of hydrogen-bond acceptors (Lipinski definition) is 5. The van der Waals surface area contributed by atoms with Gasteiger partial charge in [0.2, 0.25) is 0 Å². The standard InChI is InChI=1S/C24H37N2O5P/c1-2-3-4-5-6-7-8-9-10-17-30-23-13-11-12-21(19-23)22-14-15-25-24(20-22)26-16-18-31-32(27,28)29/h11-15,19-20H,2-10,16-18H2,1H3,(H,25,26)(H2,27,28,29). The van der Waals surface area contributed by atoms with E-state index in [0.717, 1.165) is 29.9 Å². The van der Waals surface area contributed by atoms with Gasteiger partial charge in [0.05, 0.1) is 13.2 Å². The summed E-state index contributed by atoms with van der Waals surface area (Å²) in [5.74, 6) is 1.46. The molecule has 178 valence electrons. The van der Waals surface area contributed by atoms with Crippen LogP contribution in [0.5, 0.6) is 5.75 Å². The van der Waals surface area contributed by atoms with Crippen LogP contribution in [0.1, 0.15) is 64.7 Å². The van der Waals surface area contributed by atoms with E-state index in [0.29, 0.717) is 5.82 Å². The molecule has 0 radical (unpaired) electrons. The topological polar surface area (TPSA) is 101 Å². The maximum atomic E-state index is 10.7. The Morgan fingerprint density at radius 2 is 1.59 bits per heavy atom. The van der Waals surface area contributed by atoms with Gasteiger partial charge in [0, 0.05) is 12.7 Å². The molecular weight excluding hydrogens is 427 g/mol. The van der Waals surface area contributed by atoms with Crippen molar-refractivity contribution in [1.29, 1.82) is 0 Å². The third-order valence-corrected chi connectivity index (χ3v) is 5.63. The van der Waals surface area contributed by atoms with E-state index in [2.05, 4.69) is 21.7 Å². The second-order valence-corrected chi connectivity index (χ2v) is 9.12. The summed E-state index contributed by atoms with van der Waals surface area (Å²) in [4.78, 5) is 21.7. The van der Waals surface area contributed by atoms with Crippen LogP contribution in [-0.4, -0.2) is 34.5 Å². The Balaban J connectivity index is 1.72. The molecule has 0 aliphatic carbocycles. The fraction of sp³-hybridized carbons (Fsp3) is 0.542. The first-order chi connectivity index (χ1) is 15.5. The van der Waals surface area contributed by atoms with Gasteiger partial charge in [-0.1, -0.05) is 70.4 Å². The molecule has 1 aromatic heterocycles. The highest BCUT2D eigenvalue weighted by atomic mass is 31.2. The lowest BCUT2D eigenvalue weighted by Crippen LogP contribution is -2.09. The van der Waals surface area contributed by atoms with Crippen LogP contribution in [0.25, 0.3) is 11.1 Å². The molecule has 2 aromatic rings. The minimum absolute atomic E-state index is 0.113. The number of phosphoric acid groups is 1. The van der Waals surface area contributed by atoms with E-state index >= 15 is 0 Å². The molecule has 3 N–H and O–H groups in total. The minimum Gasteiger partial charge on any atom is -0.494 e. The monoisotopic (exact) mass is 464 g/mol. The number of rotatable bonds is 17. The predicted octanol–water partition coefficient (Wildman–Crippen LogP) is 6.18. The lowest BCUT2D eigenvalue weighted by Gasteiger charge is -2.10. The van der Waals surface area contributed by atoms with Crippen molar-refractivity contribution in [3.8, 4) is 16.9 Å². The number of hydrogen-bond donors (Lipinski definition) is 3. The molecule has 0 bridgehead atoms. The van der Waals surface area contributed by atoms with Crippen molar-refractivity contribution in [3.05, 3.63) is 42.6 Å². The lowest BCUT2D eigenvalue weighted by atomic mass is 10.1. The van der Waals surface area contributed by atoms with Crippen LogP contribution < -0.4 is 10.1 Å². The first-order valence-corrected chi connectivity index (χ1v) is 13.1. The normalized spacial score (nSPS) is 11.5. The second kappa shape index (κ2) is 15.0. The van der Waals surface area contributed by atoms with Crippen LogP contribution in [0.3, 0.4) is 0 Å². The number of nitrogens with zero attached hydrogens (tertiary/aromatic N) is 1. The van der Waals surface area contributed by atoms with E-state index in [-0.39, 0.29) is 13.2 Å². The summed E-state index contributed by atoms with van der Waals surface area (Å²) in [6, 6.07) is 11.8. The van der Waals surface area contributed by atoms with Gasteiger partial charge in [-0.05, 0) is 41.8 Å². The molecule has 2 rings (SSSR count). The Morgan fingerprint density at radius 1 is 0.906 bits per heavy atom. The zero-order chi connectivity index (χ0) is 23.1. The number of unbranched alkanes of at least 4 members (excludes halogenated alkanes) is 8. The van der Waals surface area contributed by atoms with Crippen molar-refractivity contribution in [2.45, 2.75) is 64.7 Å². The van der Waals surface area contributed by atoms with Crippen LogP contribution in [0, 0.1) is 0 Å². The fourth-order valence-electron chi connectivity index (χ4n) is 3.42. The van der Waals surface area contributed by atoms with Crippen LogP contribution in [0.2, 0.25) is 0 Å². The van der Waals surface area contributed by atoms with Crippen molar-refractivity contribution < 1.29 is 23.6 Å². The summed E-state index contributed by atoms with van der Waals surface area (Å²) in [5, 5.41) is 3.00. The molecule has 0 atom stereocenters. The number of anilines is 1. The molecule has 1 aromatic carbocycles. The highest BCUT2D eigenvalue weighted by Crippen LogP contribution is 2.35. The highest BCUT2D eigenvalue weighted by molar-refractivity contribution is 7.46. The highest BCUT2D eigenvalue weighted by Gasteiger charge is 2.12. The summed E-state index contributed by atoms with van der Waals surface area (Å²) in [5.41, 5.74) is 2.00. The molecule has 32 heavy (non-hydrogen) atoms. The molecule has 0 aliphatic heterocycles. The molecule has 0 amide bonds. The van der Waals surface area contributed by atoms with Gasteiger partial charge in [0.25, 0.3) is 0 Å². The minimum atomic E-state index is -4.45. The molecule has 0 fully saturated rings. The zero-order valence-corrected chi connectivity index (χ0v) is 19.9. The third kappa shape index (κ3) is 11.6. The Hall–Kier alpha value is -1.92. The van der Waals surface area contributed by atoms with Crippen LogP contribution in [-0.2, 0) is 9.09 Å². The summed E-state index contributed by atoms with van der Waals surface area (Å²) >= 11 is 0. The first-order valence-electron chi connectivity index (χ1n) is 11.6. The molecule has 0 aliphatic rings. The Bertz CT molecular complexity index is 828. The smallest absolute Gasteiger partial charge is 0.469 e. The largest absolute Gasteiger partial charge is 0.494 e. The summed E-state index contributed by atoms with van der Waals surface area (Å²) in [6.45, 7) is 3.10. The molecular formula is C24H37N2O5P. The van der Waals surface area contributed by atoms with E-state index in [1.54, 1.807) is 6.20 Å². The van der Waals surface area contributed by atoms with Gasteiger partial charge in [-0.15, -0.1) is 0 Å². The average Bonchev–Trinajstić information content (AvgIpc) is 2.78. The summed E-state index contributed by atoms with van der Waals surface area (Å²) in [6.07, 6.45) is 13.3. The molecule has 8 heteroatoms. The van der Waals surface area contributed by atoms with Crippen molar-refractivity contribution >= 4 is 13.6 Å². The Morgan fingerprint density at radius 3 is 2.31 bits per heavy atom. The zero-order valence-electron chi connectivity index (χ0n) is 19.0. The van der Waals surface area contributed by atoms with Crippen LogP contribution >= 0.6 is 7.82 Å². The van der Waals surface area contributed by atoms with Gasteiger partial charge in [0.15, 0.2) is 0 Å². The number of pyridine rings is 1. The van der Waals surface area contributed by atoms with Crippen molar-refractivity contribution in [2.24, 2.45) is 0 Å². The van der Waals surface area contributed by atoms with E-state index in [1.807, 2.05) is 36.4 Å². The number of ether oxygens (including phenoxy) is 1. The maximum Gasteiger partial charge on any atom is 0.469 e. The van der Waals surface area contributed by atoms with Crippen LogP contribution in [0.4, 0.5) is 5.82 Å². The number of benzene rings is 1. The molecule has 7 nitrogen and oxygen atoms in total. The van der Waals surface area contributed by atoms with Crippen molar-refractivity contribution in [3.63, 3.8) is 0 Å². The van der Waals surface area contributed by atoms with E-state index in [9.17, 15) is 4.57 Å². The fourth-order valence-corrected chi connectivity index (χ4v) is 3.75. The van der Waals surface area contributed by atoms with Gasteiger partial charge in [0.1, 0.15) is 11.6 Å². The van der Waals surface area contributed by atoms with E-state index < -0.39 is 7.82 Å². The third-order valence-electron chi connectivity index (χ3n) is 5.11. The van der Waals surface area contributed by atoms with Gasteiger partial charge in [-0.3, -0.25) is 4.52 Å². The molecule has 0 saturated carbocycles. The number of phosphoric ester groups is 1. The van der Waals surface area contributed by atoms with Crippen molar-refractivity contribution in [2.75, 3.05) is 25.1 Å². The van der Waals surface area contributed by atoms with Gasteiger partial charge in [-0.25, -0.2) is 9.55 Å². The Labute approximate surface area is 191 Å². The molecule has 0 unspecified atom stereocenters. The predicted molar refractivity (Wildman–Crippen MR) is 129 cm³/mol. The number of aromatic nitrogens is 1. The van der Waals surface area contributed by atoms with Gasteiger partial charge in [-0.2, -0.15) is 0 Å². The quantitative estimate of drug-likeness (QED) is 0.190. The maximum absolute atomic E-state index is 10.7. The SMILES string of the molecule is CCCCCCCCCCCOc1cccc(-c2ccnc(NCCOP(=O)(O)O)c2)c1. The number of nitrogens with one attached hydrogen (secondary N) is 1. The summed E-state index contributed by atoms with van der Waals surface area (Å²) in [7, 11) is -4.45. The second-order valence-electron chi connectivity index (χ2n) is 7.89. The van der Waals surface area contributed by atoms with E-state index in [4.69, 9.17) is 14.5 Å². The van der Waals surface area contributed by atoms with Gasteiger partial charge < -0.3 is 19.8 Å². The molecule has 1 heterocycles. The molecule has 0 spiro atoms. The van der Waals surface area contributed by atoms with Crippen LogP contribution in [0.15, 0.2) is 42.6 Å². The van der Waals surface area contributed by atoms with Crippen molar-refractivity contribution in [1.82, 2.24) is 4.98 Å².